The first-order valence-corrected chi connectivity index (χ1v) is 8.34. The molecule has 2 nitrogen and oxygen atoms in total. The Hall–Kier alpha value is -0.840. The SMILES string of the molecule is CNC(c1ccc(Br)cc1Br)c1c(C)cc(C)cc1OC. The molecule has 0 saturated heterocycles. The van der Waals surface area contributed by atoms with Crippen molar-refractivity contribution in [3.63, 3.8) is 0 Å². The zero-order valence-electron chi connectivity index (χ0n) is 12.6. The minimum Gasteiger partial charge on any atom is -0.496 e. The summed E-state index contributed by atoms with van der Waals surface area (Å²) < 4.78 is 7.73. The molecule has 112 valence electrons. The van der Waals surface area contributed by atoms with Crippen LogP contribution in [-0.2, 0) is 0 Å². The van der Waals surface area contributed by atoms with Crippen molar-refractivity contribution >= 4 is 31.9 Å². The molecule has 0 heterocycles. The molecule has 0 radical (unpaired) electrons. The van der Waals surface area contributed by atoms with Crippen molar-refractivity contribution in [3.8, 4) is 5.75 Å². The maximum atomic E-state index is 5.61. The molecule has 0 fully saturated rings. The molecule has 0 aliphatic rings. The van der Waals surface area contributed by atoms with Crippen molar-refractivity contribution in [2.45, 2.75) is 19.9 Å². The molecule has 1 unspecified atom stereocenters. The molecule has 1 N–H and O–H groups in total. The first-order valence-electron chi connectivity index (χ1n) is 6.75. The van der Waals surface area contributed by atoms with Crippen molar-refractivity contribution in [2.24, 2.45) is 0 Å². The maximum absolute atomic E-state index is 5.61. The van der Waals surface area contributed by atoms with E-state index in [1.165, 1.54) is 22.3 Å². The number of halogens is 2. The summed E-state index contributed by atoms with van der Waals surface area (Å²) in [7, 11) is 3.69. The third-order valence-electron chi connectivity index (χ3n) is 3.56. The van der Waals surface area contributed by atoms with E-state index in [0.717, 1.165) is 14.7 Å². The summed E-state index contributed by atoms with van der Waals surface area (Å²) in [6.07, 6.45) is 0. The first kappa shape index (κ1) is 16.5. The molecule has 0 bridgehead atoms. The van der Waals surface area contributed by atoms with Crippen LogP contribution in [0.1, 0.15) is 28.3 Å². The van der Waals surface area contributed by atoms with Crippen LogP contribution in [-0.4, -0.2) is 14.2 Å². The second-order valence-electron chi connectivity index (χ2n) is 5.09. The Morgan fingerprint density at radius 1 is 1.10 bits per heavy atom. The van der Waals surface area contributed by atoms with Crippen LogP contribution in [0.5, 0.6) is 5.75 Å². The summed E-state index contributed by atoms with van der Waals surface area (Å²) in [6.45, 7) is 4.21. The minimum absolute atomic E-state index is 0.0722. The molecule has 0 amide bonds. The van der Waals surface area contributed by atoms with E-state index in [1.807, 2.05) is 7.05 Å². The van der Waals surface area contributed by atoms with Gasteiger partial charge in [-0.15, -0.1) is 0 Å². The lowest BCUT2D eigenvalue weighted by atomic mass is 9.93. The Kier molecular flexibility index (Phi) is 5.47. The summed E-state index contributed by atoms with van der Waals surface area (Å²) in [5.41, 5.74) is 4.79. The Balaban J connectivity index is 2.61. The Morgan fingerprint density at radius 3 is 2.38 bits per heavy atom. The largest absolute Gasteiger partial charge is 0.496 e. The fourth-order valence-electron chi connectivity index (χ4n) is 2.67. The van der Waals surface area contributed by atoms with Crippen molar-refractivity contribution in [3.05, 3.63) is 61.5 Å². The van der Waals surface area contributed by atoms with Gasteiger partial charge in [-0.2, -0.15) is 0 Å². The highest BCUT2D eigenvalue weighted by Crippen LogP contribution is 2.37. The number of rotatable bonds is 4. The monoisotopic (exact) mass is 411 g/mol. The van der Waals surface area contributed by atoms with Crippen molar-refractivity contribution in [1.29, 1.82) is 0 Å². The van der Waals surface area contributed by atoms with Crippen molar-refractivity contribution < 1.29 is 4.74 Å². The van der Waals surface area contributed by atoms with Crippen LogP contribution in [0.2, 0.25) is 0 Å². The third-order valence-corrected chi connectivity index (χ3v) is 4.74. The lowest BCUT2D eigenvalue weighted by Gasteiger charge is -2.23. The van der Waals surface area contributed by atoms with Crippen LogP contribution in [0.25, 0.3) is 0 Å². The topological polar surface area (TPSA) is 21.3 Å². The predicted molar refractivity (Wildman–Crippen MR) is 95.2 cm³/mol. The Labute approximate surface area is 143 Å². The number of methoxy groups -OCH3 is 1. The van der Waals surface area contributed by atoms with E-state index in [1.54, 1.807) is 7.11 Å². The van der Waals surface area contributed by atoms with Crippen LogP contribution < -0.4 is 10.1 Å². The van der Waals surface area contributed by atoms with Gasteiger partial charge in [-0.05, 0) is 55.8 Å². The molecular formula is C17H19Br2NO. The van der Waals surface area contributed by atoms with E-state index < -0.39 is 0 Å². The predicted octanol–water partition coefficient (Wildman–Crippen LogP) is 5.15. The highest BCUT2D eigenvalue weighted by Gasteiger charge is 2.21. The van der Waals surface area contributed by atoms with Crippen LogP contribution in [0.3, 0.4) is 0 Å². The van der Waals surface area contributed by atoms with E-state index in [9.17, 15) is 0 Å². The quantitative estimate of drug-likeness (QED) is 0.749. The van der Waals surface area contributed by atoms with Gasteiger partial charge in [0.15, 0.2) is 0 Å². The lowest BCUT2D eigenvalue weighted by Crippen LogP contribution is -2.20. The highest BCUT2D eigenvalue weighted by atomic mass is 79.9. The van der Waals surface area contributed by atoms with Gasteiger partial charge >= 0.3 is 0 Å². The van der Waals surface area contributed by atoms with Crippen LogP contribution >= 0.6 is 31.9 Å². The number of ether oxygens (including phenoxy) is 1. The van der Waals surface area contributed by atoms with Crippen LogP contribution in [0, 0.1) is 13.8 Å². The number of aryl methyl sites for hydroxylation is 2. The number of hydrogen-bond acceptors (Lipinski definition) is 2. The molecule has 2 aromatic rings. The van der Waals surface area contributed by atoms with E-state index in [4.69, 9.17) is 4.74 Å². The highest BCUT2D eigenvalue weighted by molar-refractivity contribution is 9.11. The molecule has 1 atom stereocenters. The molecule has 0 aliphatic carbocycles. The van der Waals surface area contributed by atoms with Gasteiger partial charge in [0.05, 0.1) is 13.2 Å². The van der Waals surface area contributed by atoms with E-state index >= 15 is 0 Å². The third kappa shape index (κ3) is 3.50. The molecule has 4 heteroatoms. The van der Waals surface area contributed by atoms with Gasteiger partial charge < -0.3 is 10.1 Å². The van der Waals surface area contributed by atoms with Gasteiger partial charge in [0.2, 0.25) is 0 Å². The summed E-state index contributed by atoms with van der Waals surface area (Å²) >= 11 is 7.16. The fourth-order valence-corrected chi connectivity index (χ4v) is 3.95. The van der Waals surface area contributed by atoms with Gasteiger partial charge in [-0.1, -0.05) is 44.0 Å². The zero-order chi connectivity index (χ0) is 15.6. The zero-order valence-corrected chi connectivity index (χ0v) is 15.8. The molecule has 2 rings (SSSR count). The second kappa shape index (κ2) is 6.95. The van der Waals surface area contributed by atoms with Crippen molar-refractivity contribution in [1.82, 2.24) is 5.32 Å². The normalized spacial score (nSPS) is 12.3. The van der Waals surface area contributed by atoms with Gasteiger partial charge in [0.25, 0.3) is 0 Å². The summed E-state index contributed by atoms with van der Waals surface area (Å²) in [5, 5.41) is 3.40. The number of hydrogen-bond donors (Lipinski definition) is 1. The van der Waals surface area contributed by atoms with E-state index in [2.05, 4.69) is 81.4 Å². The summed E-state index contributed by atoms with van der Waals surface area (Å²) in [6, 6.07) is 10.6. The molecular weight excluding hydrogens is 394 g/mol. The van der Waals surface area contributed by atoms with Gasteiger partial charge in [-0.25, -0.2) is 0 Å². The van der Waals surface area contributed by atoms with Gasteiger partial charge in [-0.3, -0.25) is 0 Å². The average Bonchev–Trinajstić information content (AvgIpc) is 2.42. The lowest BCUT2D eigenvalue weighted by molar-refractivity contribution is 0.404. The van der Waals surface area contributed by atoms with E-state index in [-0.39, 0.29) is 6.04 Å². The van der Waals surface area contributed by atoms with Crippen molar-refractivity contribution in [2.75, 3.05) is 14.2 Å². The van der Waals surface area contributed by atoms with Gasteiger partial charge in [0, 0.05) is 14.5 Å². The maximum Gasteiger partial charge on any atom is 0.124 e. The molecule has 0 saturated carbocycles. The summed E-state index contributed by atoms with van der Waals surface area (Å²) in [5.74, 6) is 0.918. The Morgan fingerprint density at radius 2 is 1.81 bits per heavy atom. The molecule has 0 spiro atoms. The number of nitrogens with one attached hydrogen (secondary N) is 1. The molecule has 0 aromatic heterocycles. The van der Waals surface area contributed by atoms with Crippen LogP contribution in [0.4, 0.5) is 0 Å². The van der Waals surface area contributed by atoms with Crippen LogP contribution in [0.15, 0.2) is 39.3 Å². The standard InChI is InChI=1S/C17H19Br2NO/c1-10-7-11(2)16(15(8-10)21-4)17(20-3)13-6-5-12(18)9-14(13)19/h5-9,17,20H,1-4H3. The molecule has 21 heavy (non-hydrogen) atoms. The second-order valence-corrected chi connectivity index (χ2v) is 6.86. The Bertz CT molecular complexity index is 655. The summed E-state index contributed by atoms with van der Waals surface area (Å²) in [4.78, 5) is 0. The van der Waals surface area contributed by atoms with E-state index in [0.29, 0.717) is 0 Å². The first-order chi connectivity index (χ1) is 9.97. The number of benzene rings is 2. The molecule has 2 aromatic carbocycles. The molecule has 0 aliphatic heterocycles. The average molecular weight is 413 g/mol. The van der Waals surface area contributed by atoms with Gasteiger partial charge in [0.1, 0.15) is 5.75 Å². The fraction of sp³-hybridized carbons (Fsp3) is 0.294. The smallest absolute Gasteiger partial charge is 0.124 e. The minimum atomic E-state index is 0.0722.